The van der Waals surface area contributed by atoms with Crippen molar-refractivity contribution in [3.05, 3.63) is 35.4 Å². The van der Waals surface area contributed by atoms with Gasteiger partial charge >= 0.3 is 11.9 Å². The van der Waals surface area contributed by atoms with E-state index in [1.807, 2.05) is 13.8 Å². The van der Waals surface area contributed by atoms with Crippen LogP contribution in [0.1, 0.15) is 60.2 Å². The van der Waals surface area contributed by atoms with Crippen molar-refractivity contribution in [3.8, 4) is 0 Å². The predicted octanol–water partition coefficient (Wildman–Crippen LogP) is 1.93. The molecule has 0 heterocycles. The Hall–Kier alpha value is -1.96. The van der Waals surface area contributed by atoms with Crippen LogP contribution in [0.5, 0.6) is 0 Å². The first-order chi connectivity index (χ1) is 12.5. The number of benzene rings is 1. The van der Waals surface area contributed by atoms with Crippen molar-refractivity contribution in [1.82, 2.24) is 0 Å². The number of hydrogen-bond donors (Lipinski definition) is 3. The van der Waals surface area contributed by atoms with Crippen LogP contribution in [0.3, 0.4) is 0 Å². The molecule has 26 heavy (non-hydrogen) atoms. The van der Waals surface area contributed by atoms with Crippen LogP contribution < -0.4 is 0 Å². The highest BCUT2D eigenvalue weighted by atomic mass is 16.5. The Morgan fingerprint density at radius 1 is 0.885 bits per heavy atom. The molecule has 0 fully saturated rings. The van der Waals surface area contributed by atoms with Gasteiger partial charge in [-0.3, -0.25) is 0 Å². The second-order valence-corrected chi connectivity index (χ2v) is 5.54. The largest absolute Gasteiger partial charge is 0.462 e. The van der Waals surface area contributed by atoms with Gasteiger partial charge < -0.3 is 24.8 Å². The molecule has 0 aliphatic rings. The fraction of sp³-hybridized carbons (Fsp3) is 0.579. The molecule has 0 atom stereocenters. The molecule has 0 aromatic heterocycles. The lowest BCUT2D eigenvalue weighted by atomic mass is 10.1. The summed E-state index contributed by atoms with van der Waals surface area (Å²) in [4.78, 5) is 23.9. The normalized spacial score (nSPS) is 10.1. The third-order valence-electron chi connectivity index (χ3n) is 3.25. The molecule has 3 N–H and O–H groups in total. The zero-order valence-corrected chi connectivity index (χ0v) is 15.5. The van der Waals surface area contributed by atoms with Gasteiger partial charge in [0.25, 0.3) is 0 Å². The number of esters is 2. The monoisotopic (exact) mass is 370 g/mol. The molecule has 1 aromatic rings. The van der Waals surface area contributed by atoms with E-state index in [4.69, 9.17) is 24.8 Å². The summed E-state index contributed by atoms with van der Waals surface area (Å²) in [6, 6.07) is 6.59. The van der Waals surface area contributed by atoms with Gasteiger partial charge in [0, 0.05) is 0 Å². The highest BCUT2D eigenvalue weighted by Gasteiger charge is 2.18. The lowest BCUT2D eigenvalue weighted by molar-refractivity contribution is 0.0450. The zero-order valence-electron chi connectivity index (χ0n) is 15.5. The molecule has 148 valence electrons. The lowest BCUT2D eigenvalue weighted by Crippen LogP contribution is -2.15. The summed E-state index contributed by atoms with van der Waals surface area (Å²) in [5.74, 6) is -0.942. The van der Waals surface area contributed by atoms with E-state index in [1.54, 1.807) is 24.3 Å². The van der Waals surface area contributed by atoms with Crippen molar-refractivity contribution in [2.24, 2.45) is 0 Å². The van der Waals surface area contributed by atoms with Gasteiger partial charge in [-0.25, -0.2) is 9.59 Å². The maximum atomic E-state index is 11.9. The van der Waals surface area contributed by atoms with E-state index < -0.39 is 18.0 Å². The molecule has 0 saturated carbocycles. The summed E-state index contributed by atoms with van der Waals surface area (Å²) in [6.45, 7) is 4.05. The van der Waals surface area contributed by atoms with E-state index in [2.05, 4.69) is 0 Å². The predicted molar refractivity (Wildman–Crippen MR) is 97.0 cm³/mol. The van der Waals surface area contributed by atoms with E-state index in [-0.39, 0.29) is 24.3 Å². The Balaban J connectivity index is 0.000000896. The highest BCUT2D eigenvalue weighted by molar-refractivity contribution is 6.03. The molecule has 0 spiro atoms. The average Bonchev–Trinajstić information content (AvgIpc) is 2.68. The minimum absolute atomic E-state index is 0.269. The van der Waals surface area contributed by atoms with Crippen LogP contribution >= 0.6 is 0 Å². The van der Waals surface area contributed by atoms with Gasteiger partial charge in [0.15, 0.2) is 0 Å². The van der Waals surface area contributed by atoms with Crippen molar-refractivity contribution in [2.45, 2.75) is 45.6 Å². The number of hydrogen-bond acceptors (Lipinski definition) is 7. The molecule has 0 saturated heterocycles. The van der Waals surface area contributed by atoms with E-state index in [9.17, 15) is 9.59 Å². The molecule has 0 radical (unpaired) electrons. The van der Waals surface area contributed by atoms with E-state index in [0.717, 1.165) is 25.7 Å². The third-order valence-corrected chi connectivity index (χ3v) is 3.25. The number of unbranched alkanes of at least 4 members (excludes halogenated alkanes) is 2. The van der Waals surface area contributed by atoms with Crippen molar-refractivity contribution < 1.29 is 34.4 Å². The van der Waals surface area contributed by atoms with E-state index in [0.29, 0.717) is 13.2 Å². The summed E-state index contributed by atoms with van der Waals surface area (Å²) >= 11 is 0. The van der Waals surface area contributed by atoms with Crippen molar-refractivity contribution >= 4 is 11.9 Å². The second-order valence-electron chi connectivity index (χ2n) is 5.54. The first-order valence-corrected chi connectivity index (χ1v) is 8.84. The first-order valence-electron chi connectivity index (χ1n) is 8.84. The van der Waals surface area contributed by atoms with Gasteiger partial charge in [-0.15, -0.1) is 0 Å². The van der Waals surface area contributed by atoms with Gasteiger partial charge in [0.2, 0.25) is 0 Å². The standard InChI is InChI=1S/C16H22O4.C3H8O3/c1-3-5-11-19-15(17)13-9-7-8-10-14(13)16(18)20-12-6-4-2;4-1-3(6)2-5/h7-10H,3-6,11-12H2,1-2H3;3-6H,1-2H2. The summed E-state index contributed by atoms with van der Waals surface area (Å²) in [5.41, 5.74) is 0.537. The molecule has 0 amide bonds. The topological polar surface area (TPSA) is 113 Å². The molecule has 0 aliphatic heterocycles. The number of aliphatic hydroxyl groups is 3. The van der Waals surface area contributed by atoms with Crippen LogP contribution in [0.4, 0.5) is 0 Å². The molecule has 7 heteroatoms. The van der Waals surface area contributed by atoms with Crippen LogP contribution in [0.2, 0.25) is 0 Å². The van der Waals surface area contributed by atoms with Crippen molar-refractivity contribution in [1.29, 1.82) is 0 Å². The highest BCUT2D eigenvalue weighted by Crippen LogP contribution is 2.12. The fourth-order valence-corrected chi connectivity index (χ4v) is 1.67. The fourth-order valence-electron chi connectivity index (χ4n) is 1.67. The van der Waals surface area contributed by atoms with E-state index >= 15 is 0 Å². The minimum Gasteiger partial charge on any atom is -0.462 e. The Labute approximate surface area is 154 Å². The van der Waals surface area contributed by atoms with Gasteiger partial charge in [0.1, 0.15) is 6.10 Å². The summed E-state index contributed by atoms with van der Waals surface area (Å²) < 4.78 is 10.3. The molecule has 0 unspecified atom stereocenters. The molecule has 0 bridgehead atoms. The lowest BCUT2D eigenvalue weighted by Gasteiger charge is -2.09. The quantitative estimate of drug-likeness (QED) is 0.426. The Bertz CT molecular complexity index is 471. The number of ether oxygens (including phenoxy) is 2. The van der Waals surface area contributed by atoms with E-state index in [1.165, 1.54) is 0 Å². The van der Waals surface area contributed by atoms with Gasteiger partial charge in [-0.1, -0.05) is 38.8 Å². The third kappa shape index (κ3) is 10.1. The molecule has 7 nitrogen and oxygen atoms in total. The second kappa shape index (κ2) is 15.3. The molecule has 1 aromatic carbocycles. The van der Waals surface area contributed by atoms with Crippen LogP contribution in [0.25, 0.3) is 0 Å². The Morgan fingerprint density at radius 2 is 1.27 bits per heavy atom. The van der Waals surface area contributed by atoms with Gasteiger partial charge in [-0.05, 0) is 25.0 Å². The Morgan fingerprint density at radius 3 is 1.54 bits per heavy atom. The smallest absolute Gasteiger partial charge is 0.339 e. The number of carbonyl (C=O) groups is 2. The van der Waals surface area contributed by atoms with Crippen LogP contribution in [0.15, 0.2) is 24.3 Å². The average molecular weight is 370 g/mol. The molecular weight excluding hydrogens is 340 g/mol. The summed E-state index contributed by atoms with van der Waals surface area (Å²) in [5, 5.41) is 24.0. The van der Waals surface area contributed by atoms with Crippen molar-refractivity contribution in [3.63, 3.8) is 0 Å². The molecule has 0 aliphatic carbocycles. The minimum atomic E-state index is -0.954. The van der Waals surface area contributed by atoms with Crippen LogP contribution in [-0.4, -0.2) is 59.8 Å². The summed E-state index contributed by atoms with van der Waals surface area (Å²) in [6.07, 6.45) is 2.58. The number of rotatable bonds is 10. The molecular formula is C19H30O7. The molecule has 1 rings (SSSR count). The maximum absolute atomic E-state index is 11.9. The van der Waals surface area contributed by atoms with Crippen LogP contribution in [0, 0.1) is 0 Å². The number of aliphatic hydroxyl groups excluding tert-OH is 3. The zero-order chi connectivity index (χ0) is 19.8. The Kier molecular flexibility index (Phi) is 14.2. The van der Waals surface area contributed by atoms with Gasteiger partial charge in [0.05, 0.1) is 37.6 Å². The first kappa shape index (κ1) is 24.0. The summed E-state index contributed by atoms with van der Waals surface area (Å²) in [7, 11) is 0. The van der Waals surface area contributed by atoms with Gasteiger partial charge in [-0.2, -0.15) is 0 Å². The van der Waals surface area contributed by atoms with Crippen LogP contribution in [-0.2, 0) is 9.47 Å². The SMILES string of the molecule is CCCCOC(=O)c1ccccc1C(=O)OCCCC.OCC(O)CO. The maximum Gasteiger partial charge on any atom is 0.339 e. The van der Waals surface area contributed by atoms with Crippen molar-refractivity contribution in [2.75, 3.05) is 26.4 Å². The number of carbonyl (C=O) groups excluding carboxylic acids is 2.